The van der Waals surface area contributed by atoms with Crippen molar-refractivity contribution in [3.05, 3.63) is 51.4 Å². The Bertz CT molecular complexity index is 784. The summed E-state index contributed by atoms with van der Waals surface area (Å²) in [7, 11) is 1.38. The van der Waals surface area contributed by atoms with Gasteiger partial charge in [0.1, 0.15) is 5.00 Å². The fourth-order valence-electron chi connectivity index (χ4n) is 2.61. The summed E-state index contributed by atoms with van der Waals surface area (Å²) in [5, 5.41) is 7.66. The highest BCUT2D eigenvalue weighted by Crippen LogP contribution is 2.29. The maximum absolute atomic E-state index is 12.0. The summed E-state index contributed by atoms with van der Waals surface area (Å²) in [6.07, 6.45) is 0.857. The highest BCUT2D eigenvalue weighted by atomic mass is 32.1. The van der Waals surface area contributed by atoms with Crippen molar-refractivity contribution in [2.24, 2.45) is 0 Å². The van der Waals surface area contributed by atoms with Crippen molar-refractivity contribution in [2.45, 2.75) is 40.2 Å². The number of thiophene rings is 1. The molecule has 0 aliphatic carbocycles. The molecule has 0 spiro atoms. The van der Waals surface area contributed by atoms with Gasteiger partial charge in [-0.3, -0.25) is 0 Å². The van der Waals surface area contributed by atoms with Crippen molar-refractivity contribution < 1.29 is 9.53 Å². The lowest BCUT2D eigenvalue weighted by Gasteiger charge is -2.19. The summed E-state index contributed by atoms with van der Waals surface area (Å²) >= 11 is 6.97. The van der Waals surface area contributed by atoms with Gasteiger partial charge in [0.15, 0.2) is 5.11 Å². The molecule has 4 nitrogen and oxygen atoms in total. The molecule has 2 rings (SSSR count). The van der Waals surface area contributed by atoms with Crippen LogP contribution >= 0.6 is 23.6 Å². The molecule has 134 valence electrons. The van der Waals surface area contributed by atoms with Gasteiger partial charge in [0, 0.05) is 4.88 Å². The van der Waals surface area contributed by atoms with Gasteiger partial charge in [0.25, 0.3) is 0 Å². The monoisotopic (exact) mass is 376 g/mol. The summed E-state index contributed by atoms with van der Waals surface area (Å²) in [6.45, 7) is 8.29. The molecule has 0 amide bonds. The lowest BCUT2D eigenvalue weighted by molar-refractivity contribution is 0.0602. The van der Waals surface area contributed by atoms with Crippen LogP contribution < -0.4 is 10.6 Å². The molecule has 1 aromatic heterocycles. The number of nitrogens with one attached hydrogen (secondary N) is 2. The van der Waals surface area contributed by atoms with Crippen LogP contribution in [-0.4, -0.2) is 18.2 Å². The first-order valence-corrected chi connectivity index (χ1v) is 9.43. The van der Waals surface area contributed by atoms with Crippen LogP contribution in [-0.2, 0) is 11.2 Å². The molecule has 0 aliphatic heterocycles. The third kappa shape index (κ3) is 4.80. The topological polar surface area (TPSA) is 50.4 Å². The molecule has 0 bridgehead atoms. The average Bonchev–Trinajstić information content (AvgIpc) is 2.98. The average molecular weight is 377 g/mol. The molecule has 0 fully saturated rings. The van der Waals surface area contributed by atoms with E-state index in [2.05, 4.69) is 56.5 Å². The summed E-state index contributed by atoms with van der Waals surface area (Å²) < 4.78 is 4.86. The number of anilines is 1. The first kappa shape index (κ1) is 19.4. The van der Waals surface area contributed by atoms with E-state index < -0.39 is 0 Å². The van der Waals surface area contributed by atoms with Crippen LogP contribution in [0, 0.1) is 13.8 Å². The van der Waals surface area contributed by atoms with Crippen LogP contribution in [0.4, 0.5) is 5.00 Å². The maximum atomic E-state index is 12.0. The second-order valence-electron chi connectivity index (χ2n) is 5.98. The Labute approximate surface area is 158 Å². The molecule has 0 radical (unpaired) electrons. The molecule has 6 heteroatoms. The number of thiocarbonyl (C=S) groups is 1. The zero-order valence-corrected chi connectivity index (χ0v) is 16.9. The van der Waals surface area contributed by atoms with Crippen molar-refractivity contribution in [1.82, 2.24) is 5.32 Å². The number of benzene rings is 1. The van der Waals surface area contributed by atoms with Crippen molar-refractivity contribution in [1.29, 1.82) is 0 Å². The van der Waals surface area contributed by atoms with Gasteiger partial charge in [-0.2, -0.15) is 0 Å². The largest absolute Gasteiger partial charge is 0.465 e. The quantitative estimate of drug-likeness (QED) is 0.582. The Balaban J connectivity index is 2.13. The minimum atomic E-state index is -0.358. The highest BCUT2D eigenvalue weighted by Gasteiger charge is 2.18. The number of rotatable bonds is 5. The van der Waals surface area contributed by atoms with E-state index in [1.807, 2.05) is 6.07 Å². The van der Waals surface area contributed by atoms with Gasteiger partial charge in [0.05, 0.1) is 18.7 Å². The molecular formula is C19H24N2O2S2. The lowest BCUT2D eigenvalue weighted by Crippen LogP contribution is -2.31. The Kier molecular flexibility index (Phi) is 6.56. The van der Waals surface area contributed by atoms with E-state index in [1.165, 1.54) is 35.1 Å². The Morgan fingerprint density at radius 3 is 2.68 bits per heavy atom. The molecule has 1 atom stereocenters. The van der Waals surface area contributed by atoms with Gasteiger partial charge < -0.3 is 15.4 Å². The highest BCUT2D eigenvalue weighted by molar-refractivity contribution is 7.80. The number of ether oxygens (including phenoxy) is 1. The van der Waals surface area contributed by atoms with E-state index in [1.54, 1.807) is 0 Å². The molecular weight excluding hydrogens is 352 g/mol. The van der Waals surface area contributed by atoms with Crippen LogP contribution in [0.3, 0.4) is 0 Å². The molecule has 0 saturated carbocycles. The third-order valence-corrected chi connectivity index (χ3v) is 5.43. The normalized spacial score (nSPS) is 11.7. The van der Waals surface area contributed by atoms with Crippen molar-refractivity contribution in [3.8, 4) is 0 Å². The molecule has 1 heterocycles. The first-order valence-electron chi connectivity index (χ1n) is 8.21. The number of carbonyl (C=O) groups excluding carboxylic acids is 1. The van der Waals surface area contributed by atoms with Crippen molar-refractivity contribution >= 4 is 39.6 Å². The van der Waals surface area contributed by atoms with Gasteiger partial charge >= 0.3 is 5.97 Å². The summed E-state index contributed by atoms with van der Waals surface area (Å²) in [4.78, 5) is 13.1. The first-order chi connectivity index (χ1) is 11.8. The van der Waals surface area contributed by atoms with Crippen molar-refractivity contribution in [2.75, 3.05) is 12.4 Å². The van der Waals surface area contributed by atoms with Gasteiger partial charge in [-0.15, -0.1) is 11.3 Å². The van der Waals surface area contributed by atoms with E-state index in [0.717, 1.165) is 16.3 Å². The predicted molar refractivity (Wildman–Crippen MR) is 109 cm³/mol. The Morgan fingerprint density at radius 1 is 1.32 bits per heavy atom. The number of methoxy groups -OCH3 is 1. The summed E-state index contributed by atoms with van der Waals surface area (Å²) in [6, 6.07) is 8.29. The van der Waals surface area contributed by atoms with E-state index in [0.29, 0.717) is 10.7 Å². The van der Waals surface area contributed by atoms with E-state index in [-0.39, 0.29) is 12.0 Å². The van der Waals surface area contributed by atoms with Crippen molar-refractivity contribution in [3.63, 3.8) is 0 Å². The van der Waals surface area contributed by atoms with Crippen LogP contribution in [0.25, 0.3) is 0 Å². The fraction of sp³-hybridized carbons (Fsp3) is 0.368. The van der Waals surface area contributed by atoms with Crippen LogP contribution in [0.5, 0.6) is 0 Å². The number of hydrogen-bond donors (Lipinski definition) is 2. The second-order valence-corrected chi connectivity index (χ2v) is 7.53. The Hall–Kier alpha value is -1.92. The molecule has 25 heavy (non-hydrogen) atoms. The zero-order valence-electron chi connectivity index (χ0n) is 15.2. The minimum absolute atomic E-state index is 0.0621. The SMILES string of the molecule is CCc1cc(C(=O)OC)c(NC(=S)N[C@@H](C)c2cc(C)ccc2C)s1. The number of hydrogen-bond acceptors (Lipinski definition) is 4. The Morgan fingerprint density at radius 2 is 2.04 bits per heavy atom. The van der Waals surface area contributed by atoms with Gasteiger partial charge in [-0.25, -0.2) is 4.79 Å². The fourth-order valence-corrected chi connectivity index (χ4v) is 3.94. The minimum Gasteiger partial charge on any atom is -0.465 e. The van der Waals surface area contributed by atoms with Gasteiger partial charge in [0.2, 0.25) is 0 Å². The number of carbonyl (C=O) groups is 1. The summed E-state index contributed by atoms with van der Waals surface area (Å²) in [5.74, 6) is -0.358. The number of esters is 1. The van der Waals surface area contributed by atoms with Crippen LogP contribution in [0.15, 0.2) is 24.3 Å². The van der Waals surface area contributed by atoms with Gasteiger partial charge in [-0.05, 0) is 56.6 Å². The lowest BCUT2D eigenvalue weighted by atomic mass is 10.0. The molecule has 2 aromatic rings. The standard InChI is InChI=1S/C19H24N2O2S2/c1-6-14-10-16(18(22)23-5)17(25-14)21-19(24)20-13(4)15-9-11(2)7-8-12(15)3/h7-10,13H,6H2,1-5H3,(H2,20,21,24)/t13-/m0/s1. The molecule has 0 aliphatic rings. The molecule has 0 unspecified atom stereocenters. The molecule has 0 saturated heterocycles. The zero-order chi connectivity index (χ0) is 18.6. The maximum Gasteiger partial charge on any atom is 0.340 e. The summed E-state index contributed by atoms with van der Waals surface area (Å²) in [5.41, 5.74) is 4.16. The molecule has 1 aromatic carbocycles. The third-order valence-electron chi connectivity index (χ3n) is 4.01. The van der Waals surface area contributed by atoms with E-state index >= 15 is 0 Å². The van der Waals surface area contributed by atoms with Crippen LogP contribution in [0.1, 0.15) is 51.8 Å². The number of aryl methyl sites for hydroxylation is 3. The van der Waals surface area contributed by atoms with E-state index in [4.69, 9.17) is 17.0 Å². The second kappa shape index (κ2) is 8.45. The smallest absolute Gasteiger partial charge is 0.340 e. The molecule has 2 N–H and O–H groups in total. The van der Waals surface area contributed by atoms with E-state index in [9.17, 15) is 4.79 Å². The predicted octanol–water partition coefficient (Wildman–Crippen LogP) is 4.76. The van der Waals surface area contributed by atoms with Crippen LogP contribution in [0.2, 0.25) is 0 Å². The van der Waals surface area contributed by atoms with Gasteiger partial charge in [-0.1, -0.05) is 30.7 Å².